The van der Waals surface area contributed by atoms with Crippen LogP contribution in [0.15, 0.2) is 59.3 Å². The molecule has 0 spiro atoms. The van der Waals surface area contributed by atoms with E-state index in [1.807, 2.05) is 48.5 Å². The van der Waals surface area contributed by atoms with Gasteiger partial charge in [0.1, 0.15) is 0 Å². The average Bonchev–Trinajstić information content (AvgIpc) is 3.54. The molecule has 0 aliphatic carbocycles. The molecule has 2 aliphatic heterocycles. The van der Waals surface area contributed by atoms with Gasteiger partial charge < -0.3 is 24.2 Å². The number of fused-ring (bicyclic) bond motifs is 1. The zero-order chi connectivity index (χ0) is 22.6. The number of aromatic nitrogens is 1. The Kier molecular flexibility index (Phi) is 6.17. The number of piperidine rings is 1. The maximum Gasteiger partial charge on any atom is 0.251 e. The monoisotopic (exact) mass is 448 g/mol. The van der Waals surface area contributed by atoms with Crippen LogP contribution < -0.4 is 19.7 Å². The molecular weight excluding hydrogens is 420 g/mol. The first-order valence-electron chi connectivity index (χ1n) is 11.3. The molecule has 0 bridgehead atoms. The summed E-state index contributed by atoms with van der Waals surface area (Å²) in [4.78, 5) is 17.3. The van der Waals surface area contributed by atoms with Crippen molar-refractivity contribution in [2.75, 3.05) is 31.8 Å². The van der Waals surface area contributed by atoms with Crippen molar-refractivity contribution in [1.82, 2.24) is 15.4 Å². The molecule has 172 valence electrons. The summed E-state index contributed by atoms with van der Waals surface area (Å²) in [5.74, 6) is 2.27. The van der Waals surface area contributed by atoms with E-state index in [9.17, 15) is 4.79 Å². The minimum Gasteiger partial charge on any atom is -0.454 e. The molecule has 33 heavy (non-hydrogen) atoms. The molecule has 3 aromatic rings. The van der Waals surface area contributed by atoms with Crippen LogP contribution >= 0.6 is 0 Å². The highest BCUT2D eigenvalue weighted by Crippen LogP contribution is 2.32. The molecule has 2 aromatic carbocycles. The number of nitrogens with zero attached hydrogens (tertiary/aromatic N) is 3. The second kappa shape index (κ2) is 9.54. The summed E-state index contributed by atoms with van der Waals surface area (Å²) in [6.07, 6.45) is 3.86. The first-order valence-corrected chi connectivity index (χ1v) is 11.3. The van der Waals surface area contributed by atoms with Crippen LogP contribution in [0.4, 0.5) is 5.69 Å². The lowest BCUT2D eigenvalue weighted by atomic mass is 10.0. The number of ether oxygens (including phenoxy) is 2. The number of nitrogens with one attached hydrogen (secondary N) is 1. The van der Waals surface area contributed by atoms with E-state index in [4.69, 9.17) is 14.0 Å². The third-order valence-electron chi connectivity index (χ3n) is 6.37. The van der Waals surface area contributed by atoms with Crippen LogP contribution in [-0.4, -0.2) is 48.9 Å². The Balaban J connectivity index is 1.11. The molecule has 1 saturated heterocycles. The Bertz CT molecular complexity index is 1080. The molecule has 1 amide bonds. The van der Waals surface area contributed by atoms with Crippen LogP contribution in [-0.2, 0) is 13.1 Å². The molecule has 1 N–H and O–H groups in total. The number of carbonyl (C=O) groups is 1. The molecule has 0 unspecified atom stereocenters. The fourth-order valence-corrected chi connectivity index (χ4v) is 4.42. The predicted octanol–water partition coefficient (Wildman–Crippen LogP) is 3.43. The van der Waals surface area contributed by atoms with Crippen molar-refractivity contribution in [2.24, 2.45) is 0 Å². The third kappa shape index (κ3) is 4.96. The maximum absolute atomic E-state index is 12.6. The molecule has 8 heteroatoms. The van der Waals surface area contributed by atoms with Gasteiger partial charge >= 0.3 is 0 Å². The van der Waals surface area contributed by atoms with Gasteiger partial charge in [0.15, 0.2) is 17.3 Å². The van der Waals surface area contributed by atoms with Crippen molar-refractivity contribution >= 4 is 11.6 Å². The second-order valence-electron chi connectivity index (χ2n) is 8.53. The van der Waals surface area contributed by atoms with E-state index in [1.165, 1.54) is 0 Å². The molecule has 1 fully saturated rings. The number of rotatable bonds is 7. The lowest BCUT2D eigenvalue weighted by Crippen LogP contribution is -2.43. The summed E-state index contributed by atoms with van der Waals surface area (Å²) in [5.41, 5.74) is 2.78. The van der Waals surface area contributed by atoms with Gasteiger partial charge in [0, 0.05) is 43.0 Å². The maximum atomic E-state index is 12.6. The number of hydrogen-bond donors (Lipinski definition) is 1. The van der Waals surface area contributed by atoms with Crippen LogP contribution in [0.25, 0.3) is 0 Å². The lowest BCUT2D eigenvalue weighted by Gasteiger charge is -2.37. The van der Waals surface area contributed by atoms with E-state index in [1.54, 1.807) is 6.20 Å². The number of amides is 1. The average molecular weight is 449 g/mol. The van der Waals surface area contributed by atoms with Gasteiger partial charge in [-0.2, -0.15) is 0 Å². The zero-order valence-corrected chi connectivity index (χ0v) is 18.7. The van der Waals surface area contributed by atoms with Crippen molar-refractivity contribution < 1.29 is 18.8 Å². The predicted molar refractivity (Wildman–Crippen MR) is 123 cm³/mol. The van der Waals surface area contributed by atoms with Crippen molar-refractivity contribution in [2.45, 2.75) is 32.0 Å². The van der Waals surface area contributed by atoms with Gasteiger partial charge in [-0.25, -0.2) is 0 Å². The molecule has 0 saturated carbocycles. The second-order valence-corrected chi connectivity index (χ2v) is 8.53. The van der Waals surface area contributed by atoms with Gasteiger partial charge in [0.2, 0.25) is 6.79 Å². The summed E-state index contributed by atoms with van der Waals surface area (Å²) < 4.78 is 16.0. The van der Waals surface area contributed by atoms with Gasteiger partial charge in [-0.1, -0.05) is 11.2 Å². The Hall–Kier alpha value is -3.52. The van der Waals surface area contributed by atoms with Crippen LogP contribution in [0.2, 0.25) is 0 Å². The fourth-order valence-electron chi connectivity index (χ4n) is 4.42. The Morgan fingerprint density at radius 2 is 1.88 bits per heavy atom. The number of benzene rings is 2. The molecule has 0 radical (unpaired) electrons. The molecular formula is C25H28N4O4. The number of anilines is 1. The summed E-state index contributed by atoms with van der Waals surface area (Å²) in [7, 11) is 2.14. The highest BCUT2D eigenvalue weighted by atomic mass is 16.7. The van der Waals surface area contributed by atoms with Gasteiger partial charge in [-0.3, -0.25) is 9.69 Å². The third-order valence-corrected chi connectivity index (χ3v) is 6.37. The van der Waals surface area contributed by atoms with Crippen LogP contribution in [0, 0.1) is 0 Å². The first-order chi connectivity index (χ1) is 16.2. The molecule has 5 rings (SSSR count). The van der Waals surface area contributed by atoms with Crippen molar-refractivity contribution in [3.63, 3.8) is 0 Å². The standard InChI is InChI=1S/C25H28N4O4/c1-28(16-22-8-11-27-33-22)20-9-12-29(13-10-20)21-5-3-19(4-6-21)25(30)26-15-18-2-7-23-24(14-18)32-17-31-23/h2-8,11,14,20H,9-10,12-13,15-17H2,1H3,(H,26,30). The quantitative estimate of drug-likeness (QED) is 0.593. The normalized spacial score (nSPS) is 15.8. The van der Waals surface area contributed by atoms with Crippen LogP contribution in [0.3, 0.4) is 0 Å². The molecule has 2 aliphatic rings. The number of hydrogen-bond acceptors (Lipinski definition) is 7. The summed E-state index contributed by atoms with van der Waals surface area (Å²) in [6, 6.07) is 16.0. The summed E-state index contributed by atoms with van der Waals surface area (Å²) in [5, 5.41) is 6.76. The lowest BCUT2D eigenvalue weighted by molar-refractivity contribution is 0.0951. The molecule has 3 heterocycles. The topological polar surface area (TPSA) is 80.1 Å². The van der Waals surface area contributed by atoms with Crippen LogP contribution in [0.5, 0.6) is 11.5 Å². The first kappa shape index (κ1) is 21.3. The van der Waals surface area contributed by atoms with Gasteiger partial charge in [-0.15, -0.1) is 0 Å². The highest BCUT2D eigenvalue weighted by molar-refractivity contribution is 5.94. The minimum atomic E-state index is -0.0908. The van der Waals surface area contributed by atoms with E-state index in [0.717, 1.165) is 61.0 Å². The largest absolute Gasteiger partial charge is 0.454 e. The van der Waals surface area contributed by atoms with Crippen molar-refractivity contribution in [3.05, 3.63) is 71.6 Å². The Morgan fingerprint density at radius 1 is 1.09 bits per heavy atom. The highest BCUT2D eigenvalue weighted by Gasteiger charge is 2.23. The smallest absolute Gasteiger partial charge is 0.251 e. The van der Waals surface area contributed by atoms with E-state index in [2.05, 4.69) is 27.3 Å². The SMILES string of the molecule is CN(Cc1ccno1)C1CCN(c2ccc(C(=O)NCc3ccc4c(c3)OCO4)cc2)CC1. The summed E-state index contributed by atoms with van der Waals surface area (Å²) in [6.45, 7) is 3.43. The van der Waals surface area contributed by atoms with Gasteiger partial charge in [-0.05, 0) is 61.9 Å². The minimum absolute atomic E-state index is 0.0908. The zero-order valence-electron chi connectivity index (χ0n) is 18.7. The van der Waals surface area contributed by atoms with Gasteiger partial charge in [0.25, 0.3) is 5.91 Å². The molecule has 8 nitrogen and oxygen atoms in total. The Morgan fingerprint density at radius 3 is 2.64 bits per heavy atom. The van der Waals surface area contributed by atoms with Crippen molar-refractivity contribution in [1.29, 1.82) is 0 Å². The van der Waals surface area contributed by atoms with E-state index in [-0.39, 0.29) is 12.7 Å². The van der Waals surface area contributed by atoms with E-state index in [0.29, 0.717) is 18.2 Å². The number of carbonyl (C=O) groups excluding carboxylic acids is 1. The van der Waals surface area contributed by atoms with E-state index < -0.39 is 0 Å². The van der Waals surface area contributed by atoms with Crippen LogP contribution in [0.1, 0.15) is 34.5 Å². The molecule has 1 aromatic heterocycles. The summed E-state index contributed by atoms with van der Waals surface area (Å²) >= 11 is 0. The fraction of sp³-hybridized carbons (Fsp3) is 0.360. The van der Waals surface area contributed by atoms with Crippen molar-refractivity contribution in [3.8, 4) is 11.5 Å². The van der Waals surface area contributed by atoms with Gasteiger partial charge in [0.05, 0.1) is 12.7 Å². The molecule has 0 atom stereocenters. The Labute approximate surface area is 193 Å². The van der Waals surface area contributed by atoms with E-state index >= 15 is 0 Å².